The van der Waals surface area contributed by atoms with Gasteiger partial charge in [0.05, 0.1) is 0 Å². The summed E-state index contributed by atoms with van der Waals surface area (Å²) in [5.74, 6) is 0. The molecule has 0 fully saturated rings. The standard InChI is InChI=1S/C7H13N3S/c1-10(2)4-3-6-5-8-7(11)9-6/h5H,3-4H2,1-2H3,(H2,8,9,11). The largest absolute Gasteiger partial charge is 0.337 e. The lowest BCUT2D eigenvalue weighted by atomic mass is 10.3. The first-order chi connectivity index (χ1) is 5.18. The minimum absolute atomic E-state index is 0.707. The highest BCUT2D eigenvalue weighted by atomic mass is 32.1. The number of imidazole rings is 1. The van der Waals surface area contributed by atoms with E-state index in [4.69, 9.17) is 12.2 Å². The van der Waals surface area contributed by atoms with E-state index in [0.717, 1.165) is 13.0 Å². The molecule has 0 aliphatic rings. The van der Waals surface area contributed by atoms with Crippen LogP contribution < -0.4 is 0 Å². The molecule has 3 nitrogen and oxygen atoms in total. The molecule has 1 aromatic rings. The lowest BCUT2D eigenvalue weighted by Gasteiger charge is -2.06. The Morgan fingerprint density at radius 2 is 2.27 bits per heavy atom. The van der Waals surface area contributed by atoms with E-state index in [-0.39, 0.29) is 0 Å². The molecule has 1 rings (SSSR count). The number of H-pyrrole nitrogens is 2. The summed E-state index contributed by atoms with van der Waals surface area (Å²) in [6, 6.07) is 0. The van der Waals surface area contributed by atoms with Gasteiger partial charge < -0.3 is 14.9 Å². The van der Waals surface area contributed by atoms with Crippen LogP contribution in [0.3, 0.4) is 0 Å². The van der Waals surface area contributed by atoms with E-state index in [0.29, 0.717) is 4.77 Å². The number of nitrogens with one attached hydrogen (secondary N) is 2. The van der Waals surface area contributed by atoms with Gasteiger partial charge in [-0.25, -0.2) is 0 Å². The third-order valence-electron chi connectivity index (χ3n) is 1.48. The van der Waals surface area contributed by atoms with E-state index in [1.165, 1.54) is 5.69 Å². The second-order valence-electron chi connectivity index (χ2n) is 2.82. The second kappa shape index (κ2) is 3.69. The van der Waals surface area contributed by atoms with E-state index >= 15 is 0 Å². The van der Waals surface area contributed by atoms with Crippen molar-refractivity contribution in [2.75, 3.05) is 20.6 Å². The van der Waals surface area contributed by atoms with E-state index < -0.39 is 0 Å². The van der Waals surface area contributed by atoms with Gasteiger partial charge in [0.1, 0.15) is 0 Å². The van der Waals surface area contributed by atoms with Crippen LogP contribution in [0, 0.1) is 4.77 Å². The van der Waals surface area contributed by atoms with Crippen LogP contribution in [0.1, 0.15) is 5.69 Å². The summed E-state index contributed by atoms with van der Waals surface area (Å²) in [6.45, 7) is 1.04. The molecular weight excluding hydrogens is 158 g/mol. The van der Waals surface area contributed by atoms with Crippen molar-refractivity contribution in [2.45, 2.75) is 6.42 Å². The minimum atomic E-state index is 0.707. The van der Waals surface area contributed by atoms with Crippen molar-refractivity contribution in [1.29, 1.82) is 0 Å². The van der Waals surface area contributed by atoms with Gasteiger partial charge in [0, 0.05) is 24.9 Å². The van der Waals surface area contributed by atoms with Gasteiger partial charge in [0.15, 0.2) is 4.77 Å². The summed E-state index contributed by atoms with van der Waals surface area (Å²) >= 11 is 4.89. The topological polar surface area (TPSA) is 34.8 Å². The number of likely N-dealkylation sites (N-methyl/N-ethyl adjacent to an activating group) is 1. The summed E-state index contributed by atoms with van der Waals surface area (Å²) in [6.07, 6.45) is 2.94. The summed E-state index contributed by atoms with van der Waals surface area (Å²) in [4.78, 5) is 8.14. The monoisotopic (exact) mass is 171 g/mol. The van der Waals surface area contributed by atoms with Gasteiger partial charge in [0.2, 0.25) is 0 Å². The van der Waals surface area contributed by atoms with Crippen molar-refractivity contribution < 1.29 is 0 Å². The van der Waals surface area contributed by atoms with Crippen molar-refractivity contribution in [3.8, 4) is 0 Å². The predicted octanol–water partition coefficient (Wildman–Crippen LogP) is 1.18. The first kappa shape index (κ1) is 8.49. The molecule has 0 aliphatic carbocycles. The average molecular weight is 171 g/mol. The van der Waals surface area contributed by atoms with E-state index in [2.05, 4.69) is 29.0 Å². The molecule has 0 atom stereocenters. The van der Waals surface area contributed by atoms with Crippen molar-refractivity contribution in [2.24, 2.45) is 0 Å². The van der Waals surface area contributed by atoms with Crippen LogP contribution in [0.4, 0.5) is 0 Å². The van der Waals surface area contributed by atoms with Crippen LogP contribution in [0.5, 0.6) is 0 Å². The number of rotatable bonds is 3. The number of aromatic nitrogens is 2. The highest BCUT2D eigenvalue weighted by Gasteiger charge is 1.94. The van der Waals surface area contributed by atoms with Gasteiger partial charge >= 0.3 is 0 Å². The quantitative estimate of drug-likeness (QED) is 0.670. The highest BCUT2D eigenvalue weighted by molar-refractivity contribution is 7.71. The fourth-order valence-electron chi connectivity index (χ4n) is 0.849. The molecule has 0 spiro atoms. The Balaban J connectivity index is 2.45. The number of aromatic amines is 2. The van der Waals surface area contributed by atoms with Crippen LogP contribution in [0.15, 0.2) is 6.20 Å². The molecule has 0 saturated heterocycles. The van der Waals surface area contributed by atoms with Crippen LogP contribution in [0.2, 0.25) is 0 Å². The Morgan fingerprint density at radius 3 is 2.73 bits per heavy atom. The van der Waals surface area contributed by atoms with Gasteiger partial charge in [-0.3, -0.25) is 0 Å². The summed E-state index contributed by atoms with van der Waals surface area (Å²) in [7, 11) is 4.11. The Hall–Kier alpha value is -0.610. The Labute approximate surface area is 71.4 Å². The molecule has 62 valence electrons. The SMILES string of the molecule is CN(C)CCc1c[nH]c(=S)[nH]1. The van der Waals surface area contributed by atoms with E-state index in [1.807, 2.05) is 6.20 Å². The maximum absolute atomic E-state index is 4.89. The number of nitrogens with zero attached hydrogens (tertiary/aromatic N) is 1. The molecule has 0 aromatic carbocycles. The lowest BCUT2D eigenvalue weighted by Crippen LogP contribution is -2.15. The molecule has 1 aromatic heterocycles. The molecule has 0 saturated carbocycles. The first-order valence-electron chi connectivity index (χ1n) is 3.60. The van der Waals surface area contributed by atoms with E-state index in [1.54, 1.807) is 0 Å². The Morgan fingerprint density at radius 1 is 1.55 bits per heavy atom. The van der Waals surface area contributed by atoms with Crippen molar-refractivity contribution >= 4 is 12.2 Å². The molecule has 0 aliphatic heterocycles. The molecule has 11 heavy (non-hydrogen) atoms. The maximum atomic E-state index is 4.89. The predicted molar refractivity (Wildman–Crippen MR) is 48.2 cm³/mol. The molecule has 0 bridgehead atoms. The fourth-order valence-corrected chi connectivity index (χ4v) is 1.04. The first-order valence-corrected chi connectivity index (χ1v) is 4.00. The molecular formula is C7H13N3S. The zero-order chi connectivity index (χ0) is 8.27. The average Bonchev–Trinajstić information content (AvgIpc) is 2.31. The van der Waals surface area contributed by atoms with Crippen LogP contribution in [0.25, 0.3) is 0 Å². The third kappa shape index (κ3) is 2.86. The summed E-state index contributed by atoms with van der Waals surface area (Å²) in [5, 5.41) is 0. The van der Waals surface area contributed by atoms with Crippen LogP contribution in [-0.2, 0) is 6.42 Å². The van der Waals surface area contributed by atoms with Gasteiger partial charge in [-0.1, -0.05) is 0 Å². The normalized spacial score (nSPS) is 10.8. The molecule has 1 heterocycles. The van der Waals surface area contributed by atoms with Gasteiger partial charge in [-0.2, -0.15) is 0 Å². The number of hydrogen-bond donors (Lipinski definition) is 2. The van der Waals surface area contributed by atoms with Gasteiger partial charge in [-0.05, 0) is 26.3 Å². The zero-order valence-corrected chi connectivity index (χ0v) is 7.66. The van der Waals surface area contributed by atoms with Gasteiger partial charge in [0.25, 0.3) is 0 Å². The lowest BCUT2D eigenvalue weighted by molar-refractivity contribution is 0.412. The molecule has 0 radical (unpaired) electrons. The van der Waals surface area contributed by atoms with Crippen LogP contribution in [-0.4, -0.2) is 35.5 Å². The van der Waals surface area contributed by atoms with Gasteiger partial charge in [-0.15, -0.1) is 0 Å². The molecule has 4 heteroatoms. The highest BCUT2D eigenvalue weighted by Crippen LogP contribution is 1.94. The third-order valence-corrected chi connectivity index (χ3v) is 1.70. The van der Waals surface area contributed by atoms with Crippen molar-refractivity contribution in [3.05, 3.63) is 16.7 Å². The van der Waals surface area contributed by atoms with Crippen molar-refractivity contribution in [1.82, 2.24) is 14.9 Å². The minimum Gasteiger partial charge on any atom is -0.337 e. The van der Waals surface area contributed by atoms with Crippen LogP contribution >= 0.6 is 12.2 Å². The Bertz CT molecular complexity index is 261. The molecule has 0 amide bonds. The summed E-state index contributed by atoms with van der Waals surface area (Å²) in [5.41, 5.74) is 1.17. The molecule has 0 unspecified atom stereocenters. The zero-order valence-electron chi connectivity index (χ0n) is 6.85. The number of hydrogen-bond acceptors (Lipinski definition) is 2. The smallest absolute Gasteiger partial charge is 0.174 e. The fraction of sp³-hybridized carbons (Fsp3) is 0.571. The second-order valence-corrected chi connectivity index (χ2v) is 3.23. The van der Waals surface area contributed by atoms with Crippen molar-refractivity contribution in [3.63, 3.8) is 0 Å². The maximum Gasteiger partial charge on any atom is 0.174 e. The molecule has 2 N–H and O–H groups in total. The Kier molecular flexibility index (Phi) is 2.84. The summed E-state index contributed by atoms with van der Waals surface area (Å²) < 4.78 is 0.707. The van der Waals surface area contributed by atoms with E-state index in [9.17, 15) is 0 Å².